The van der Waals surface area contributed by atoms with Gasteiger partial charge in [-0.1, -0.05) is 24.3 Å². The number of nitrogens with zero attached hydrogens (tertiary/aromatic N) is 8. The average Bonchev–Trinajstić information content (AvgIpc) is 3.48. The summed E-state index contributed by atoms with van der Waals surface area (Å²) >= 11 is 0. The molecule has 2 aromatic heterocycles. The van der Waals surface area contributed by atoms with Crippen molar-refractivity contribution < 1.29 is 13.9 Å². The largest absolute Gasteiger partial charge is 0.457 e. The van der Waals surface area contributed by atoms with Crippen molar-refractivity contribution in [1.82, 2.24) is 34.4 Å². The number of nitrogens with two attached hydrogens (primary N) is 1. The van der Waals surface area contributed by atoms with E-state index in [1.807, 2.05) is 24.3 Å². The van der Waals surface area contributed by atoms with Crippen LogP contribution in [0.25, 0.3) is 22.3 Å². The van der Waals surface area contributed by atoms with Crippen molar-refractivity contribution in [3.05, 3.63) is 72.3 Å². The van der Waals surface area contributed by atoms with E-state index in [1.165, 1.54) is 12.4 Å². The van der Waals surface area contributed by atoms with Gasteiger partial charge in [-0.2, -0.15) is 10.4 Å². The fraction of sp³-hybridized carbons (Fsp3) is 0.417. The quantitative estimate of drug-likeness (QED) is 0.248. The lowest BCUT2D eigenvalue weighted by atomic mass is 10.0. The molecule has 11 nitrogen and oxygen atoms in total. The van der Waals surface area contributed by atoms with E-state index in [1.54, 1.807) is 33.8 Å². The highest BCUT2D eigenvalue weighted by Gasteiger charge is 2.31. The van der Waals surface area contributed by atoms with Crippen LogP contribution in [0.15, 0.2) is 66.5 Å². The number of likely N-dealkylation sites (tertiary alicyclic amines) is 1. The fourth-order valence-corrected chi connectivity index (χ4v) is 6.78. The van der Waals surface area contributed by atoms with Crippen LogP contribution in [0.5, 0.6) is 11.5 Å². The van der Waals surface area contributed by atoms with Gasteiger partial charge < -0.3 is 15.4 Å². The van der Waals surface area contributed by atoms with E-state index in [0.717, 1.165) is 25.9 Å². The van der Waals surface area contributed by atoms with Gasteiger partial charge in [0.2, 0.25) is 5.91 Å². The molecule has 2 fully saturated rings. The van der Waals surface area contributed by atoms with Crippen molar-refractivity contribution >= 4 is 22.8 Å². The number of aromatic nitrogens is 4. The summed E-state index contributed by atoms with van der Waals surface area (Å²) in [6, 6.07) is 16.7. The zero-order valence-electron chi connectivity index (χ0n) is 27.9. The summed E-state index contributed by atoms with van der Waals surface area (Å²) in [6.07, 6.45) is 4.82. The number of nitrogen functional groups attached to an aromatic ring is 1. The Morgan fingerprint density at radius 3 is 2.58 bits per heavy atom. The van der Waals surface area contributed by atoms with Crippen LogP contribution in [0.1, 0.15) is 46.1 Å². The first kappa shape index (κ1) is 33.1. The highest BCUT2D eigenvalue weighted by Crippen LogP contribution is 2.36. The number of carbonyl (C=O) groups excluding carboxylic acids is 1. The molecule has 2 aliphatic heterocycles. The minimum atomic E-state index is -0.524. The van der Waals surface area contributed by atoms with Crippen LogP contribution in [-0.4, -0.2) is 91.7 Å². The maximum atomic E-state index is 15.6. The van der Waals surface area contributed by atoms with Gasteiger partial charge in [-0.15, -0.1) is 0 Å². The molecule has 1 unspecified atom stereocenters. The van der Waals surface area contributed by atoms with Crippen LogP contribution in [0, 0.1) is 17.1 Å². The lowest BCUT2D eigenvalue weighted by Crippen LogP contribution is -2.56. The Balaban J connectivity index is 1.20. The molecule has 250 valence electrons. The van der Waals surface area contributed by atoms with E-state index >= 15 is 4.39 Å². The molecule has 2 saturated heterocycles. The molecule has 4 aromatic rings. The molecule has 6 rings (SSSR count). The van der Waals surface area contributed by atoms with Crippen molar-refractivity contribution in [3.8, 4) is 28.8 Å². The molecule has 0 saturated carbocycles. The van der Waals surface area contributed by atoms with Crippen molar-refractivity contribution in [2.45, 2.75) is 64.2 Å². The van der Waals surface area contributed by atoms with Crippen LogP contribution < -0.4 is 10.5 Å². The fourth-order valence-electron chi connectivity index (χ4n) is 6.78. The second-order valence-corrected chi connectivity index (χ2v) is 13.0. The predicted molar refractivity (Wildman–Crippen MR) is 183 cm³/mol. The van der Waals surface area contributed by atoms with Crippen molar-refractivity contribution in [1.29, 1.82) is 5.26 Å². The van der Waals surface area contributed by atoms with E-state index in [-0.39, 0.29) is 35.8 Å². The number of likely N-dealkylation sites (N-methyl/N-ethyl adjacent to an activating group) is 1. The first-order valence-corrected chi connectivity index (χ1v) is 16.5. The molecular formula is C36H42FN9O2. The predicted octanol–water partition coefficient (Wildman–Crippen LogP) is 5.42. The van der Waals surface area contributed by atoms with Gasteiger partial charge in [-0.05, 0) is 64.9 Å². The molecule has 2 aliphatic rings. The van der Waals surface area contributed by atoms with Gasteiger partial charge in [-0.3, -0.25) is 14.6 Å². The highest BCUT2D eigenvalue weighted by molar-refractivity contribution is 5.98. The number of fused-ring (bicyclic) bond motifs is 1. The Hall–Kier alpha value is -4.86. The number of para-hydroxylation sites is 1. The number of anilines is 1. The van der Waals surface area contributed by atoms with E-state index in [9.17, 15) is 10.1 Å². The van der Waals surface area contributed by atoms with E-state index in [4.69, 9.17) is 15.6 Å². The second kappa shape index (κ2) is 14.1. The standard InChI is InChI=1S/C36H42FN9O2/c1-23(45-19-24(2)43(4)25(3)20-45)15-26(18-38)16-32(47)44-14-8-9-27(21-44)46-36-33(35(39)40-22-41-36)34(42-46)30-13-12-29(17-31(30)37)48-28-10-6-5-7-11-28/h5-7,10-13,15,17,22-25,27H,8-9,14,16,19-21H2,1-4H3,(H2,39,40,41)/t23?,24-,25+,27-/m1/s1. The summed E-state index contributed by atoms with van der Waals surface area (Å²) < 4.78 is 23.2. The van der Waals surface area contributed by atoms with E-state index in [0.29, 0.717) is 59.0 Å². The van der Waals surface area contributed by atoms with Crippen molar-refractivity contribution in [3.63, 3.8) is 0 Å². The van der Waals surface area contributed by atoms with E-state index in [2.05, 4.69) is 53.7 Å². The average molecular weight is 652 g/mol. The maximum absolute atomic E-state index is 15.6. The van der Waals surface area contributed by atoms with Crippen molar-refractivity contribution in [2.75, 3.05) is 39.0 Å². The van der Waals surface area contributed by atoms with Gasteiger partial charge in [0.1, 0.15) is 35.2 Å². The smallest absolute Gasteiger partial charge is 0.227 e. The SMILES string of the molecule is CC(C=C(C#N)CC(=O)N1CCC[C@@H](n2nc(-c3ccc(Oc4ccccc4)cc3F)c3c(N)ncnc32)C1)N1C[C@@H](C)N(C)[C@@H](C)C1. The number of piperazine rings is 1. The van der Waals surface area contributed by atoms with Crippen LogP contribution in [0.3, 0.4) is 0 Å². The molecule has 2 aromatic carbocycles. The Bertz CT molecular complexity index is 1840. The number of benzene rings is 2. The summed E-state index contributed by atoms with van der Waals surface area (Å²) in [5, 5.41) is 15.3. The van der Waals surface area contributed by atoms with Gasteiger partial charge in [0, 0.05) is 61.5 Å². The molecule has 0 radical (unpaired) electrons. The monoisotopic (exact) mass is 651 g/mol. The zero-order chi connectivity index (χ0) is 33.9. The third kappa shape index (κ3) is 6.88. The van der Waals surface area contributed by atoms with Crippen LogP contribution in [0.2, 0.25) is 0 Å². The van der Waals surface area contributed by atoms with Crippen LogP contribution >= 0.6 is 0 Å². The number of hydrogen-bond donors (Lipinski definition) is 1. The number of amides is 1. The number of nitriles is 1. The molecule has 0 spiro atoms. The van der Waals surface area contributed by atoms with Crippen LogP contribution in [-0.2, 0) is 4.79 Å². The third-order valence-corrected chi connectivity index (χ3v) is 9.68. The second-order valence-electron chi connectivity index (χ2n) is 13.0. The minimum Gasteiger partial charge on any atom is -0.457 e. The third-order valence-electron chi connectivity index (χ3n) is 9.68. The Kier molecular flexibility index (Phi) is 9.71. The number of rotatable bonds is 8. The number of carbonyl (C=O) groups is 1. The topological polar surface area (TPSA) is 129 Å². The minimum absolute atomic E-state index is 0.0369. The molecule has 12 heteroatoms. The van der Waals surface area contributed by atoms with Gasteiger partial charge >= 0.3 is 0 Å². The molecule has 0 aliphatic carbocycles. The lowest BCUT2D eigenvalue weighted by molar-refractivity contribution is -0.132. The molecule has 48 heavy (non-hydrogen) atoms. The summed E-state index contributed by atoms with van der Waals surface area (Å²) in [6.45, 7) is 9.28. The first-order chi connectivity index (χ1) is 23.1. The lowest BCUT2D eigenvalue weighted by Gasteiger charge is -2.44. The normalized spacial score (nSPS) is 21.6. The first-order valence-electron chi connectivity index (χ1n) is 16.5. The van der Waals surface area contributed by atoms with Gasteiger partial charge in [0.05, 0.1) is 23.9 Å². The number of ether oxygens (including phenoxy) is 1. The molecule has 1 amide bonds. The Morgan fingerprint density at radius 1 is 1.12 bits per heavy atom. The highest BCUT2D eigenvalue weighted by atomic mass is 19.1. The van der Waals surface area contributed by atoms with Gasteiger partial charge in [0.15, 0.2) is 5.65 Å². The zero-order valence-corrected chi connectivity index (χ0v) is 27.9. The number of hydrogen-bond acceptors (Lipinski definition) is 9. The summed E-state index contributed by atoms with van der Waals surface area (Å²) in [5.74, 6) is 0.509. The summed E-state index contributed by atoms with van der Waals surface area (Å²) in [5.41, 5.74) is 7.83. The Labute approximate surface area is 280 Å². The molecule has 4 atom stereocenters. The van der Waals surface area contributed by atoms with Crippen LogP contribution in [0.4, 0.5) is 10.2 Å². The summed E-state index contributed by atoms with van der Waals surface area (Å²) in [7, 11) is 2.14. The maximum Gasteiger partial charge on any atom is 0.227 e. The molecule has 0 bridgehead atoms. The molecular weight excluding hydrogens is 609 g/mol. The number of halogens is 1. The van der Waals surface area contributed by atoms with Gasteiger partial charge in [0.25, 0.3) is 0 Å². The summed E-state index contributed by atoms with van der Waals surface area (Å²) in [4.78, 5) is 28.8. The van der Waals surface area contributed by atoms with E-state index < -0.39 is 5.82 Å². The number of piperidine rings is 1. The Morgan fingerprint density at radius 2 is 1.88 bits per heavy atom. The molecule has 2 N–H and O–H groups in total. The van der Waals surface area contributed by atoms with Crippen molar-refractivity contribution in [2.24, 2.45) is 0 Å². The molecule has 4 heterocycles. The van der Waals surface area contributed by atoms with Gasteiger partial charge in [-0.25, -0.2) is 19.0 Å².